The highest BCUT2D eigenvalue weighted by molar-refractivity contribution is 6.30. The highest BCUT2D eigenvalue weighted by atomic mass is 35.5. The van der Waals surface area contributed by atoms with Crippen LogP contribution >= 0.6 is 11.6 Å². The van der Waals surface area contributed by atoms with E-state index in [9.17, 15) is 5.26 Å². The first-order valence-corrected chi connectivity index (χ1v) is 6.27. The number of halogens is 1. The van der Waals surface area contributed by atoms with Crippen LogP contribution in [0.2, 0.25) is 5.02 Å². The number of hydrogen-bond acceptors (Lipinski definition) is 1. The third kappa shape index (κ3) is 3.84. The fourth-order valence-corrected chi connectivity index (χ4v) is 1.86. The zero-order valence-corrected chi connectivity index (χ0v) is 11.0. The van der Waals surface area contributed by atoms with Crippen LogP contribution < -0.4 is 0 Å². The van der Waals surface area contributed by atoms with E-state index in [0.29, 0.717) is 10.6 Å². The molecule has 0 saturated heterocycles. The number of nitrogens with zero attached hydrogens (tertiary/aromatic N) is 1. The molecular formula is C17H12ClN. The minimum absolute atomic E-state index is 0.592. The van der Waals surface area contributed by atoms with E-state index < -0.39 is 0 Å². The van der Waals surface area contributed by atoms with Crippen LogP contribution in [0.3, 0.4) is 0 Å². The second kappa shape index (κ2) is 6.58. The molecule has 0 aliphatic rings. The SMILES string of the molecule is N#CC(=CC=Cc1ccccc1)c1cccc(Cl)c1. The Morgan fingerprint density at radius 2 is 1.84 bits per heavy atom. The summed E-state index contributed by atoms with van der Waals surface area (Å²) in [5.74, 6) is 0. The van der Waals surface area contributed by atoms with Crippen LogP contribution in [0, 0.1) is 11.3 Å². The quantitative estimate of drug-likeness (QED) is 0.568. The third-order valence-electron chi connectivity index (χ3n) is 2.61. The van der Waals surface area contributed by atoms with Crippen molar-refractivity contribution < 1.29 is 0 Å². The van der Waals surface area contributed by atoms with E-state index in [4.69, 9.17) is 11.6 Å². The normalized spacial score (nSPS) is 11.5. The molecule has 0 fully saturated rings. The molecule has 2 aromatic rings. The number of allylic oxidation sites excluding steroid dienone is 3. The molecule has 1 nitrogen and oxygen atoms in total. The van der Waals surface area contributed by atoms with Crippen LogP contribution in [0.5, 0.6) is 0 Å². The van der Waals surface area contributed by atoms with Gasteiger partial charge in [-0.3, -0.25) is 0 Å². The first-order chi connectivity index (χ1) is 9.29. The summed E-state index contributed by atoms with van der Waals surface area (Å²) in [4.78, 5) is 0. The van der Waals surface area contributed by atoms with Gasteiger partial charge in [0.05, 0.1) is 11.6 Å². The molecule has 0 N–H and O–H groups in total. The maximum absolute atomic E-state index is 9.17. The Morgan fingerprint density at radius 3 is 2.53 bits per heavy atom. The average molecular weight is 266 g/mol. The minimum Gasteiger partial charge on any atom is -0.192 e. The van der Waals surface area contributed by atoms with Gasteiger partial charge in [0, 0.05) is 5.02 Å². The molecule has 19 heavy (non-hydrogen) atoms. The van der Waals surface area contributed by atoms with Crippen molar-refractivity contribution in [3.05, 3.63) is 82.9 Å². The van der Waals surface area contributed by atoms with Gasteiger partial charge in [-0.25, -0.2) is 0 Å². The Labute approximate surface area is 118 Å². The Balaban J connectivity index is 2.21. The average Bonchev–Trinajstić information content (AvgIpc) is 2.45. The zero-order chi connectivity index (χ0) is 13.5. The van der Waals surface area contributed by atoms with E-state index in [1.807, 2.05) is 54.6 Å². The van der Waals surface area contributed by atoms with E-state index in [2.05, 4.69) is 6.07 Å². The van der Waals surface area contributed by atoms with Crippen LogP contribution in [-0.2, 0) is 0 Å². The molecule has 2 heteroatoms. The molecule has 0 aromatic heterocycles. The lowest BCUT2D eigenvalue weighted by molar-refractivity contribution is 1.52. The lowest BCUT2D eigenvalue weighted by Crippen LogP contribution is -1.80. The number of nitriles is 1. The minimum atomic E-state index is 0.592. The summed E-state index contributed by atoms with van der Waals surface area (Å²) in [5, 5.41) is 9.80. The summed E-state index contributed by atoms with van der Waals surface area (Å²) in [7, 11) is 0. The zero-order valence-electron chi connectivity index (χ0n) is 10.3. The fraction of sp³-hybridized carbons (Fsp3) is 0. The first kappa shape index (κ1) is 13.1. The van der Waals surface area contributed by atoms with E-state index in [1.165, 1.54) is 0 Å². The van der Waals surface area contributed by atoms with Gasteiger partial charge in [-0.2, -0.15) is 5.26 Å². The van der Waals surface area contributed by atoms with Crippen molar-refractivity contribution in [2.45, 2.75) is 0 Å². The van der Waals surface area contributed by atoms with E-state index in [-0.39, 0.29) is 0 Å². The Kier molecular flexibility index (Phi) is 4.55. The van der Waals surface area contributed by atoms with E-state index >= 15 is 0 Å². The second-order valence-electron chi connectivity index (χ2n) is 3.97. The van der Waals surface area contributed by atoms with Gasteiger partial charge in [-0.15, -0.1) is 0 Å². The lowest BCUT2D eigenvalue weighted by atomic mass is 10.1. The molecule has 0 amide bonds. The smallest absolute Gasteiger partial charge is 0.0997 e. The van der Waals surface area contributed by atoms with Crippen LogP contribution in [0.1, 0.15) is 11.1 Å². The molecular weight excluding hydrogens is 254 g/mol. The maximum Gasteiger partial charge on any atom is 0.0997 e. The van der Waals surface area contributed by atoms with Gasteiger partial charge in [0.1, 0.15) is 0 Å². The molecule has 0 radical (unpaired) electrons. The monoisotopic (exact) mass is 265 g/mol. The molecule has 92 valence electrons. The molecule has 0 bridgehead atoms. The summed E-state index contributed by atoms with van der Waals surface area (Å²) in [6, 6.07) is 19.4. The van der Waals surface area contributed by atoms with Crippen molar-refractivity contribution in [1.29, 1.82) is 5.26 Å². The summed E-state index contributed by atoms with van der Waals surface area (Å²) in [6.45, 7) is 0. The Bertz CT molecular complexity index is 648. The number of rotatable bonds is 3. The van der Waals surface area contributed by atoms with Crippen LogP contribution in [0.15, 0.2) is 66.7 Å². The van der Waals surface area contributed by atoms with Crippen molar-refractivity contribution in [2.75, 3.05) is 0 Å². The van der Waals surface area contributed by atoms with Crippen molar-refractivity contribution in [3.63, 3.8) is 0 Å². The van der Waals surface area contributed by atoms with Gasteiger partial charge >= 0.3 is 0 Å². The summed E-state index contributed by atoms with van der Waals surface area (Å²) < 4.78 is 0. The molecule has 2 rings (SSSR count). The van der Waals surface area contributed by atoms with Gasteiger partial charge in [0.2, 0.25) is 0 Å². The van der Waals surface area contributed by atoms with Gasteiger partial charge < -0.3 is 0 Å². The van der Waals surface area contributed by atoms with E-state index in [1.54, 1.807) is 18.2 Å². The summed E-state index contributed by atoms with van der Waals surface area (Å²) in [5.41, 5.74) is 2.52. The highest BCUT2D eigenvalue weighted by Gasteiger charge is 1.99. The summed E-state index contributed by atoms with van der Waals surface area (Å²) in [6.07, 6.45) is 5.62. The molecule has 0 heterocycles. The largest absolute Gasteiger partial charge is 0.192 e. The Hall–Kier alpha value is -2.30. The van der Waals surface area contributed by atoms with Gasteiger partial charge in [0.25, 0.3) is 0 Å². The van der Waals surface area contributed by atoms with E-state index in [0.717, 1.165) is 11.1 Å². The molecule has 0 aliphatic heterocycles. The number of benzene rings is 2. The maximum atomic E-state index is 9.17. The molecule has 0 aliphatic carbocycles. The van der Waals surface area contributed by atoms with Gasteiger partial charge in [-0.1, -0.05) is 66.2 Å². The highest BCUT2D eigenvalue weighted by Crippen LogP contribution is 2.18. The van der Waals surface area contributed by atoms with Gasteiger partial charge in [-0.05, 0) is 29.3 Å². The van der Waals surface area contributed by atoms with Gasteiger partial charge in [0.15, 0.2) is 0 Å². The van der Waals surface area contributed by atoms with Crippen LogP contribution in [0.4, 0.5) is 0 Å². The molecule has 0 atom stereocenters. The standard InChI is InChI=1S/C17H12ClN/c18-17-11-5-9-15(12-17)16(13-19)10-4-8-14-6-2-1-3-7-14/h1-12H. The Morgan fingerprint density at radius 1 is 1.05 bits per heavy atom. The van der Waals surface area contributed by atoms with Crippen molar-refractivity contribution in [2.24, 2.45) is 0 Å². The van der Waals surface area contributed by atoms with Crippen molar-refractivity contribution >= 4 is 23.3 Å². The number of hydrogen-bond donors (Lipinski definition) is 0. The van der Waals surface area contributed by atoms with Crippen LogP contribution in [0.25, 0.3) is 11.6 Å². The molecule has 0 unspecified atom stereocenters. The summed E-state index contributed by atoms with van der Waals surface area (Å²) >= 11 is 5.92. The lowest BCUT2D eigenvalue weighted by Gasteiger charge is -1.98. The van der Waals surface area contributed by atoms with Crippen LogP contribution in [-0.4, -0.2) is 0 Å². The topological polar surface area (TPSA) is 23.8 Å². The molecule has 2 aromatic carbocycles. The predicted octanol–water partition coefficient (Wildman–Crippen LogP) is 4.96. The van der Waals surface area contributed by atoms with Crippen molar-refractivity contribution in [1.82, 2.24) is 0 Å². The fourth-order valence-electron chi connectivity index (χ4n) is 1.67. The predicted molar refractivity (Wildman–Crippen MR) is 80.5 cm³/mol. The first-order valence-electron chi connectivity index (χ1n) is 5.89. The van der Waals surface area contributed by atoms with Crippen molar-refractivity contribution in [3.8, 4) is 6.07 Å². The molecule has 0 saturated carbocycles. The molecule has 0 spiro atoms. The third-order valence-corrected chi connectivity index (χ3v) is 2.84. The second-order valence-corrected chi connectivity index (χ2v) is 4.41.